The van der Waals surface area contributed by atoms with Crippen LogP contribution >= 0.6 is 11.6 Å². The van der Waals surface area contributed by atoms with E-state index in [4.69, 9.17) is 11.6 Å². The fraction of sp³-hybridized carbons (Fsp3) is 0.375. The minimum atomic E-state index is 0.186. The van der Waals surface area contributed by atoms with Crippen molar-refractivity contribution in [2.75, 3.05) is 5.32 Å². The lowest BCUT2D eigenvalue weighted by Crippen LogP contribution is -2.11. The number of halogens is 1. The summed E-state index contributed by atoms with van der Waals surface area (Å²) in [5.74, 6) is 0. The van der Waals surface area contributed by atoms with Crippen LogP contribution in [0, 0.1) is 6.92 Å². The molecule has 0 aliphatic carbocycles. The molecule has 0 atom stereocenters. The zero-order valence-corrected chi connectivity index (χ0v) is 13.1. The molecule has 106 valence electrons. The molecule has 4 heteroatoms. The molecule has 3 nitrogen and oxygen atoms in total. The van der Waals surface area contributed by atoms with Crippen molar-refractivity contribution in [3.8, 4) is 0 Å². The molecular formula is C16H20ClN3. The molecule has 0 fully saturated rings. The zero-order valence-electron chi connectivity index (χ0n) is 12.4. The van der Waals surface area contributed by atoms with Gasteiger partial charge in [0.25, 0.3) is 0 Å². The fourth-order valence-corrected chi connectivity index (χ4v) is 2.06. The molecule has 2 aromatic rings. The maximum Gasteiger partial charge on any atom is 0.156 e. The van der Waals surface area contributed by atoms with Crippen LogP contribution in [-0.2, 0) is 12.0 Å². The third-order valence-electron chi connectivity index (χ3n) is 3.35. The summed E-state index contributed by atoms with van der Waals surface area (Å²) in [6.45, 7) is 9.33. The van der Waals surface area contributed by atoms with Gasteiger partial charge in [-0.3, -0.25) is 0 Å². The SMILES string of the molecule is Cc1c(NCc2ccc(C(C)(C)C)cc2)cnnc1Cl. The molecule has 0 saturated heterocycles. The quantitative estimate of drug-likeness (QED) is 0.913. The molecule has 1 aromatic heterocycles. The smallest absolute Gasteiger partial charge is 0.156 e. The summed E-state index contributed by atoms with van der Waals surface area (Å²) >= 11 is 5.95. The first-order valence-corrected chi connectivity index (χ1v) is 7.07. The lowest BCUT2D eigenvalue weighted by Gasteiger charge is -2.19. The largest absolute Gasteiger partial charge is 0.379 e. The van der Waals surface area contributed by atoms with Crippen LogP contribution in [0.2, 0.25) is 5.15 Å². The lowest BCUT2D eigenvalue weighted by atomic mass is 9.87. The van der Waals surface area contributed by atoms with Crippen molar-refractivity contribution in [2.24, 2.45) is 0 Å². The molecule has 20 heavy (non-hydrogen) atoms. The highest BCUT2D eigenvalue weighted by Crippen LogP contribution is 2.23. The number of benzene rings is 1. The average molecular weight is 290 g/mol. The van der Waals surface area contributed by atoms with E-state index in [2.05, 4.69) is 60.6 Å². The summed E-state index contributed by atoms with van der Waals surface area (Å²) in [7, 11) is 0. The summed E-state index contributed by atoms with van der Waals surface area (Å²) in [6.07, 6.45) is 1.70. The Labute approximate surface area is 125 Å². The molecule has 0 aliphatic heterocycles. The second kappa shape index (κ2) is 5.80. The van der Waals surface area contributed by atoms with Crippen molar-refractivity contribution >= 4 is 17.3 Å². The highest BCUT2D eigenvalue weighted by molar-refractivity contribution is 6.30. The Hall–Kier alpha value is -1.61. The van der Waals surface area contributed by atoms with Gasteiger partial charge in [0.1, 0.15) is 0 Å². The van der Waals surface area contributed by atoms with Crippen LogP contribution in [0.1, 0.15) is 37.5 Å². The highest BCUT2D eigenvalue weighted by Gasteiger charge is 2.12. The number of hydrogen-bond acceptors (Lipinski definition) is 3. The Morgan fingerprint density at radius 1 is 1.15 bits per heavy atom. The first kappa shape index (κ1) is 14.8. The van der Waals surface area contributed by atoms with Crippen molar-refractivity contribution in [1.29, 1.82) is 0 Å². The van der Waals surface area contributed by atoms with Gasteiger partial charge < -0.3 is 5.32 Å². The number of aromatic nitrogens is 2. The van der Waals surface area contributed by atoms with Gasteiger partial charge in [0, 0.05) is 12.1 Å². The minimum Gasteiger partial charge on any atom is -0.379 e. The second-order valence-electron chi connectivity index (χ2n) is 5.97. The summed E-state index contributed by atoms with van der Waals surface area (Å²) in [5.41, 5.74) is 4.60. The standard InChI is InChI=1S/C16H20ClN3/c1-11-14(10-19-20-15(11)17)18-9-12-5-7-13(8-6-12)16(2,3)4/h5-8,10H,9H2,1-4H3,(H,18,20). The van der Waals surface area contributed by atoms with Gasteiger partial charge in [-0.1, -0.05) is 56.6 Å². The predicted molar refractivity (Wildman–Crippen MR) is 84.2 cm³/mol. The zero-order chi connectivity index (χ0) is 14.8. The van der Waals surface area contributed by atoms with Gasteiger partial charge >= 0.3 is 0 Å². The number of nitrogens with one attached hydrogen (secondary N) is 1. The average Bonchev–Trinajstić information content (AvgIpc) is 2.40. The molecule has 0 spiro atoms. The van der Waals surface area contributed by atoms with Gasteiger partial charge in [-0.2, -0.15) is 5.10 Å². The fourth-order valence-electron chi connectivity index (χ4n) is 1.92. The van der Waals surface area contributed by atoms with Crippen molar-refractivity contribution in [3.05, 3.63) is 52.3 Å². The summed E-state index contributed by atoms with van der Waals surface area (Å²) in [5, 5.41) is 11.5. The van der Waals surface area contributed by atoms with E-state index in [1.54, 1.807) is 6.20 Å². The van der Waals surface area contributed by atoms with Crippen molar-refractivity contribution in [2.45, 2.75) is 39.7 Å². The minimum absolute atomic E-state index is 0.186. The van der Waals surface area contributed by atoms with E-state index in [1.165, 1.54) is 11.1 Å². The Morgan fingerprint density at radius 3 is 2.40 bits per heavy atom. The maximum atomic E-state index is 5.95. The monoisotopic (exact) mass is 289 g/mol. The molecule has 0 bridgehead atoms. The molecule has 1 heterocycles. The van der Waals surface area contributed by atoms with E-state index >= 15 is 0 Å². The molecule has 2 rings (SSSR count). The summed E-state index contributed by atoms with van der Waals surface area (Å²) in [4.78, 5) is 0. The normalized spacial score (nSPS) is 11.4. The molecule has 0 amide bonds. The van der Waals surface area contributed by atoms with Gasteiger partial charge in [0.05, 0.1) is 11.9 Å². The molecule has 0 radical (unpaired) electrons. The van der Waals surface area contributed by atoms with Crippen molar-refractivity contribution < 1.29 is 0 Å². The second-order valence-corrected chi connectivity index (χ2v) is 6.33. The predicted octanol–water partition coefficient (Wildman–Crippen LogP) is 4.35. The van der Waals surface area contributed by atoms with Crippen LogP contribution in [0.25, 0.3) is 0 Å². The maximum absolute atomic E-state index is 5.95. The third kappa shape index (κ3) is 3.48. The number of nitrogens with zero attached hydrogens (tertiary/aromatic N) is 2. The number of hydrogen-bond donors (Lipinski definition) is 1. The first-order valence-electron chi connectivity index (χ1n) is 6.69. The van der Waals surface area contributed by atoms with Crippen LogP contribution in [0.15, 0.2) is 30.5 Å². The Bertz CT molecular complexity index is 586. The molecule has 0 aliphatic rings. The highest BCUT2D eigenvalue weighted by atomic mass is 35.5. The van der Waals surface area contributed by atoms with E-state index in [9.17, 15) is 0 Å². The van der Waals surface area contributed by atoms with Gasteiger partial charge in [-0.05, 0) is 23.5 Å². The van der Waals surface area contributed by atoms with Crippen LogP contribution in [0.5, 0.6) is 0 Å². The summed E-state index contributed by atoms with van der Waals surface area (Å²) in [6, 6.07) is 8.67. The lowest BCUT2D eigenvalue weighted by molar-refractivity contribution is 0.590. The number of rotatable bonds is 3. The first-order chi connectivity index (χ1) is 9.38. The molecule has 1 aromatic carbocycles. The Morgan fingerprint density at radius 2 is 1.80 bits per heavy atom. The Balaban J connectivity index is 2.06. The van der Waals surface area contributed by atoms with E-state index in [-0.39, 0.29) is 5.41 Å². The topological polar surface area (TPSA) is 37.8 Å². The molecule has 0 unspecified atom stereocenters. The number of anilines is 1. The van der Waals surface area contributed by atoms with Crippen LogP contribution < -0.4 is 5.32 Å². The van der Waals surface area contributed by atoms with E-state index in [0.29, 0.717) is 5.15 Å². The van der Waals surface area contributed by atoms with Crippen LogP contribution in [-0.4, -0.2) is 10.2 Å². The summed E-state index contributed by atoms with van der Waals surface area (Å²) < 4.78 is 0. The van der Waals surface area contributed by atoms with Gasteiger partial charge in [-0.15, -0.1) is 5.10 Å². The van der Waals surface area contributed by atoms with Gasteiger partial charge in [0.2, 0.25) is 0 Å². The van der Waals surface area contributed by atoms with Gasteiger partial charge in [-0.25, -0.2) is 0 Å². The van der Waals surface area contributed by atoms with Crippen molar-refractivity contribution in [1.82, 2.24) is 10.2 Å². The van der Waals surface area contributed by atoms with E-state index in [0.717, 1.165) is 17.8 Å². The molecular weight excluding hydrogens is 270 g/mol. The van der Waals surface area contributed by atoms with Crippen LogP contribution in [0.3, 0.4) is 0 Å². The third-order valence-corrected chi connectivity index (χ3v) is 3.71. The van der Waals surface area contributed by atoms with Crippen molar-refractivity contribution in [3.63, 3.8) is 0 Å². The Kier molecular flexibility index (Phi) is 4.29. The molecule has 0 saturated carbocycles. The van der Waals surface area contributed by atoms with E-state index in [1.807, 2.05) is 6.92 Å². The van der Waals surface area contributed by atoms with Crippen LogP contribution in [0.4, 0.5) is 5.69 Å². The van der Waals surface area contributed by atoms with E-state index < -0.39 is 0 Å². The molecule has 1 N–H and O–H groups in total. The van der Waals surface area contributed by atoms with Gasteiger partial charge in [0.15, 0.2) is 5.15 Å².